The highest BCUT2D eigenvalue weighted by atomic mass is 19.1. The first-order valence-electron chi connectivity index (χ1n) is 8.41. The Morgan fingerprint density at radius 3 is 2.71 bits per heavy atom. The number of anilines is 1. The summed E-state index contributed by atoms with van der Waals surface area (Å²) in [4.78, 5) is 16.4. The van der Waals surface area contributed by atoms with Gasteiger partial charge in [-0.15, -0.1) is 0 Å². The molecule has 24 heavy (non-hydrogen) atoms. The monoisotopic (exact) mass is 326 g/mol. The van der Waals surface area contributed by atoms with E-state index in [0.717, 1.165) is 24.0 Å². The number of amides is 1. The van der Waals surface area contributed by atoms with E-state index in [2.05, 4.69) is 19.1 Å². The number of hydrogen-bond donors (Lipinski definition) is 0. The first-order chi connectivity index (χ1) is 11.6. The van der Waals surface area contributed by atoms with E-state index in [1.807, 2.05) is 36.2 Å². The van der Waals surface area contributed by atoms with Crippen LogP contribution in [0.3, 0.4) is 0 Å². The van der Waals surface area contributed by atoms with Crippen LogP contribution in [0.2, 0.25) is 0 Å². The first-order valence-corrected chi connectivity index (χ1v) is 8.41. The molecule has 0 aliphatic carbocycles. The summed E-state index contributed by atoms with van der Waals surface area (Å²) in [7, 11) is 1.93. The predicted molar refractivity (Wildman–Crippen MR) is 94.6 cm³/mol. The highest BCUT2D eigenvalue weighted by Crippen LogP contribution is 2.30. The number of para-hydroxylation sites is 1. The van der Waals surface area contributed by atoms with Crippen molar-refractivity contribution >= 4 is 11.6 Å². The zero-order valence-corrected chi connectivity index (χ0v) is 14.2. The molecule has 0 aromatic heterocycles. The Bertz CT molecular complexity index is 717. The molecule has 0 saturated heterocycles. The standard InChI is InChI=1S/C20H23FN2O/c1-15(16-8-4-3-5-9-16)22(2)14-19(24)23-13-7-11-17-10-6-12-18(21)20(17)23/h3-6,8-10,12,15H,7,11,13-14H2,1-2H3/t15-/m0/s1. The predicted octanol–water partition coefficient (Wildman–Crippen LogP) is 3.80. The number of fused-ring (bicyclic) bond motifs is 1. The van der Waals surface area contributed by atoms with Crippen LogP contribution in [0.5, 0.6) is 0 Å². The van der Waals surface area contributed by atoms with Crippen molar-refractivity contribution in [3.8, 4) is 0 Å². The van der Waals surface area contributed by atoms with Crippen LogP contribution in [0.15, 0.2) is 48.5 Å². The first kappa shape index (κ1) is 16.7. The van der Waals surface area contributed by atoms with Gasteiger partial charge >= 0.3 is 0 Å². The van der Waals surface area contributed by atoms with Crippen molar-refractivity contribution in [2.24, 2.45) is 0 Å². The molecule has 0 spiro atoms. The number of carbonyl (C=O) groups excluding carboxylic acids is 1. The minimum absolute atomic E-state index is 0.0497. The van der Waals surface area contributed by atoms with Gasteiger partial charge in [-0.05, 0) is 44.0 Å². The maximum absolute atomic E-state index is 14.2. The van der Waals surface area contributed by atoms with Crippen molar-refractivity contribution < 1.29 is 9.18 Å². The molecule has 0 fully saturated rings. The molecule has 3 rings (SSSR count). The normalized spacial score (nSPS) is 15.2. The maximum Gasteiger partial charge on any atom is 0.241 e. The highest BCUT2D eigenvalue weighted by Gasteiger charge is 2.27. The molecule has 0 radical (unpaired) electrons. The van der Waals surface area contributed by atoms with E-state index in [0.29, 0.717) is 12.2 Å². The second kappa shape index (κ2) is 7.14. The van der Waals surface area contributed by atoms with E-state index in [4.69, 9.17) is 0 Å². The SMILES string of the molecule is C[C@@H](c1ccccc1)N(C)CC(=O)N1CCCc2cccc(F)c21. The number of rotatable bonds is 4. The molecule has 126 valence electrons. The number of likely N-dealkylation sites (N-methyl/N-ethyl adjacent to an activating group) is 1. The molecule has 3 nitrogen and oxygen atoms in total. The topological polar surface area (TPSA) is 23.6 Å². The Labute approximate surface area is 142 Å². The van der Waals surface area contributed by atoms with Gasteiger partial charge in [0.05, 0.1) is 12.2 Å². The average molecular weight is 326 g/mol. The average Bonchev–Trinajstić information content (AvgIpc) is 2.61. The Kier molecular flexibility index (Phi) is 4.95. The Morgan fingerprint density at radius 2 is 1.96 bits per heavy atom. The molecule has 1 aliphatic heterocycles. The van der Waals surface area contributed by atoms with E-state index < -0.39 is 0 Å². The lowest BCUT2D eigenvalue weighted by atomic mass is 10.0. The van der Waals surface area contributed by atoms with Gasteiger partial charge < -0.3 is 4.90 Å². The van der Waals surface area contributed by atoms with Crippen LogP contribution in [-0.4, -0.2) is 30.9 Å². The Hall–Kier alpha value is -2.20. The van der Waals surface area contributed by atoms with Crippen LogP contribution in [-0.2, 0) is 11.2 Å². The van der Waals surface area contributed by atoms with Crippen LogP contribution < -0.4 is 4.90 Å². The fourth-order valence-electron chi connectivity index (χ4n) is 3.27. The molecule has 0 N–H and O–H groups in total. The lowest BCUT2D eigenvalue weighted by Gasteiger charge is -2.32. The maximum atomic E-state index is 14.2. The zero-order valence-electron chi connectivity index (χ0n) is 14.2. The third-order valence-corrected chi connectivity index (χ3v) is 4.80. The zero-order chi connectivity index (χ0) is 17.1. The number of halogens is 1. The molecule has 2 aromatic carbocycles. The molecule has 0 bridgehead atoms. The summed E-state index contributed by atoms with van der Waals surface area (Å²) in [5.41, 5.74) is 2.56. The van der Waals surface area contributed by atoms with Gasteiger partial charge in [0.25, 0.3) is 0 Å². The number of aryl methyl sites for hydroxylation is 1. The summed E-state index contributed by atoms with van der Waals surface area (Å²) in [6.07, 6.45) is 1.70. The third kappa shape index (κ3) is 3.34. The smallest absolute Gasteiger partial charge is 0.241 e. The van der Waals surface area contributed by atoms with Crippen molar-refractivity contribution in [1.29, 1.82) is 0 Å². The van der Waals surface area contributed by atoms with Crippen LogP contribution >= 0.6 is 0 Å². The van der Waals surface area contributed by atoms with Crippen molar-refractivity contribution in [1.82, 2.24) is 4.90 Å². The molecule has 0 saturated carbocycles. The Balaban J connectivity index is 1.74. The largest absolute Gasteiger partial charge is 0.308 e. The van der Waals surface area contributed by atoms with Crippen molar-refractivity contribution in [3.63, 3.8) is 0 Å². The van der Waals surface area contributed by atoms with Gasteiger partial charge in [0, 0.05) is 12.6 Å². The van der Waals surface area contributed by atoms with E-state index in [1.165, 1.54) is 6.07 Å². The van der Waals surface area contributed by atoms with Gasteiger partial charge in [-0.1, -0.05) is 42.5 Å². The molecular formula is C20H23FN2O. The van der Waals surface area contributed by atoms with Gasteiger partial charge in [-0.25, -0.2) is 4.39 Å². The van der Waals surface area contributed by atoms with Gasteiger partial charge in [-0.3, -0.25) is 9.69 Å². The van der Waals surface area contributed by atoms with Crippen LogP contribution in [0.1, 0.15) is 30.5 Å². The fraction of sp³-hybridized carbons (Fsp3) is 0.350. The fourth-order valence-corrected chi connectivity index (χ4v) is 3.27. The van der Waals surface area contributed by atoms with Crippen molar-refractivity contribution in [2.45, 2.75) is 25.8 Å². The summed E-state index contributed by atoms with van der Waals surface area (Å²) in [5.74, 6) is -0.356. The molecule has 1 heterocycles. The second-order valence-corrected chi connectivity index (χ2v) is 6.40. The molecule has 4 heteroatoms. The van der Waals surface area contributed by atoms with E-state index in [1.54, 1.807) is 11.0 Å². The number of benzene rings is 2. The van der Waals surface area contributed by atoms with Crippen LogP contribution in [0.4, 0.5) is 10.1 Å². The summed E-state index contributed by atoms with van der Waals surface area (Å²) in [6.45, 7) is 2.93. The van der Waals surface area contributed by atoms with E-state index in [9.17, 15) is 9.18 Å². The summed E-state index contributed by atoms with van der Waals surface area (Å²) in [5, 5.41) is 0. The number of hydrogen-bond acceptors (Lipinski definition) is 2. The summed E-state index contributed by atoms with van der Waals surface area (Å²) < 4.78 is 14.2. The summed E-state index contributed by atoms with van der Waals surface area (Å²) in [6, 6.07) is 15.3. The quantitative estimate of drug-likeness (QED) is 0.853. The van der Waals surface area contributed by atoms with E-state index in [-0.39, 0.29) is 24.3 Å². The van der Waals surface area contributed by atoms with Gasteiger partial charge in [-0.2, -0.15) is 0 Å². The van der Waals surface area contributed by atoms with E-state index >= 15 is 0 Å². The van der Waals surface area contributed by atoms with Crippen LogP contribution in [0.25, 0.3) is 0 Å². The minimum atomic E-state index is -0.306. The number of nitrogens with zero attached hydrogens (tertiary/aromatic N) is 2. The van der Waals surface area contributed by atoms with Crippen molar-refractivity contribution in [3.05, 3.63) is 65.5 Å². The van der Waals surface area contributed by atoms with Crippen LogP contribution in [0, 0.1) is 5.82 Å². The lowest BCUT2D eigenvalue weighted by Crippen LogP contribution is -2.42. The molecule has 1 aliphatic rings. The molecule has 0 unspecified atom stereocenters. The van der Waals surface area contributed by atoms with Gasteiger partial charge in [0.2, 0.25) is 5.91 Å². The van der Waals surface area contributed by atoms with Gasteiger partial charge in [0.15, 0.2) is 0 Å². The molecule has 1 amide bonds. The van der Waals surface area contributed by atoms with Gasteiger partial charge in [0.1, 0.15) is 5.82 Å². The second-order valence-electron chi connectivity index (χ2n) is 6.40. The molecule has 1 atom stereocenters. The number of carbonyl (C=O) groups is 1. The van der Waals surface area contributed by atoms with Crippen molar-refractivity contribution in [2.75, 3.05) is 25.0 Å². The third-order valence-electron chi connectivity index (χ3n) is 4.80. The highest BCUT2D eigenvalue weighted by molar-refractivity contribution is 5.96. The summed E-state index contributed by atoms with van der Waals surface area (Å²) >= 11 is 0. The minimum Gasteiger partial charge on any atom is -0.308 e. The Morgan fingerprint density at radius 1 is 1.21 bits per heavy atom. The lowest BCUT2D eigenvalue weighted by molar-refractivity contribution is -0.120. The molecular weight excluding hydrogens is 303 g/mol. The molecule has 2 aromatic rings.